The van der Waals surface area contributed by atoms with Gasteiger partial charge in [-0.15, -0.1) is 11.8 Å². The van der Waals surface area contributed by atoms with E-state index in [0.29, 0.717) is 5.75 Å². The van der Waals surface area contributed by atoms with Crippen molar-refractivity contribution in [3.8, 4) is 0 Å². The maximum Gasteiger partial charge on any atom is 0.303 e. The molecule has 66 heavy (non-hydrogen) atoms. The number of carbonyl (C=O) groups is 10. The summed E-state index contributed by atoms with van der Waals surface area (Å²) < 4.78 is 86.4. The van der Waals surface area contributed by atoms with E-state index in [2.05, 4.69) is 0 Å². The van der Waals surface area contributed by atoms with Crippen LogP contribution >= 0.6 is 11.8 Å². The molecule has 0 bridgehead atoms. The van der Waals surface area contributed by atoms with Gasteiger partial charge in [0.1, 0.15) is 55.8 Å². The Morgan fingerprint density at radius 1 is 0.348 bits per heavy atom. The summed E-state index contributed by atoms with van der Waals surface area (Å²) in [6.45, 7) is 10.1. The van der Waals surface area contributed by atoms with Crippen LogP contribution in [0.15, 0.2) is 0 Å². The second-order valence-corrected chi connectivity index (χ2v) is 16.1. The summed E-state index contributed by atoms with van der Waals surface area (Å²) in [4.78, 5) is 125. The molecule has 6 unspecified atom stereocenters. The van der Waals surface area contributed by atoms with Crippen LogP contribution in [0.1, 0.15) is 76.2 Å². The zero-order valence-corrected chi connectivity index (χ0v) is 38.9. The number of esters is 10. The molecule has 0 aromatic rings. The summed E-state index contributed by atoms with van der Waals surface area (Å²) in [5.74, 6) is -8.69. The molecule has 0 amide bonds. The molecule has 0 aromatic carbocycles. The van der Waals surface area contributed by atoms with Gasteiger partial charge in [0.05, 0.1) is 0 Å². The molecule has 3 aliphatic rings. The highest BCUT2D eigenvalue weighted by Crippen LogP contribution is 2.39. The molecular formula is C40H56O25S. The van der Waals surface area contributed by atoms with Gasteiger partial charge in [0, 0.05) is 69.2 Å². The van der Waals surface area contributed by atoms with Crippen molar-refractivity contribution in [2.24, 2.45) is 0 Å². The van der Waals surface area contributed by atoms with Crippen LogP contribution in [0.2, 0.25) is 0 Å². The molecule has 0 N–H and O–H groups in total. The van der Waals surface area contributed by atoms with E-state index in [1.165, 1.54) is 0 Å². The van der Waals surface area contributed by atoms with Crippen molar-refractivity contribution in [2.45, 2.75) is 167 Å². The fourth-order valence-corrected chi connectivity index (χ4v) is 8.00. The Labute approximate surface area is 382 Å². The molecule has 26 heteroatoms. The molecule has 25 nitrogen and oxygen atoms in total. The normalized spacial score (nSPS) is 31.7. The monoisotopic (exact) mass is 968 g/mol. The van der Waals surface area contributed by atoms with Crippen molar-refractivity contribution in [1.29, 1.82) is 0 Å². The molecule has 372 valence electrons. The number of rotatable bonds is 19. The molecule has 0 radical (unpaired) electrons. The summed E-state index contributed by atoms with van der Waals surface area (Å²) in [6.07, 6.45) is -23.8. The van der Waals surface area contributed by atoms with Crippen LogP contribution in [-0.4, -0.2) is 177 Å². The predicted molar refractivity (Wildman–Crippen MR) is 213 cm³/mol. The van der Waals surface area contributed by atoms with Crippen LogP contribution in [0.3, 0.4) is 0 Å². The Balaban J connectivity index is 2.29. The van der Waals surface area contributed by atoms with E-state index in [4.69, 9.17) is 71.1 Å². The first-order valence-electron chi connectivity index (χ1n) is 20.4. The Morgan fingerprint density at radius 3 is 0.955 bits per heavy atom. The van der Waals surface area contributed by atoms with Gasteiger partial charge in [-0.3, -0.25) is 47.9 Å². The third kappa shape index (κ3) is 16.6. The van der Waals surface area contributed by atoms with Gasteiger partial charge in [-0.05, 0) is 5.75 Å². The van der Waals surface area contributed by atoms with Crippen LogP contribution in [0.5, 0.6) is 0 Å². The standard InChI is InChI=1S/C40H56O25S/c1-12-66-40-37(60-25(11)50)34(57-22(8)47)31(28(63-40)15-53-18(4)43)65-39-36(59-24(10)49)33(56-21(7)46)30(27(62-39)14-52-17(3)42)64-38-35(58-23(9)48)32(55-20(6)45)29(54-19(5)44)26(61-38)13-51-16(2)41/h26-40H,12-15H2,1-11H3/t26?,27?,28?,29-,30-,31-,32-,33-,34-,35?,36?,37?,38-,39-,40-/m0/s1. The Kier molecular flexibility index (Phi) is 21.5. The molecule has 3 rings (SSSR count). The zero-order chi connectivity index (χ0) is 49.6. The van der Waals surface area contributed by atoms with Crippen LogP contribution in [0.25, 0.3) is 0 Å². The van der Waals surface area contributed by atoms with Crippen molar-refractivity contribution < 1.29 is 119 Å². The largest absolute Gasteiger partial charge is 0.463 e. The lowest BCUT2D eigenvalue weighted by atomic mass is 9.95. The molecular weight excluding hydrogens is 912 g/mol. The lowest BCUT2D eigenvalue weighted by Gasteiger charge is -2.50. The van der Waals surface area contributed by atoms with E-state index in [0.717, 1.165) is 81.0 Å². The van der Waals surface area contributed by atoms with E-state index >= 15 is 0 Å². The fourth-order valence-electron chi connectivity index (χ4n) is 7.05. The zero-order valence-electron chi connectivity index (χ0n) is 38.1. The van der Waals surface area contributed by atoms with Gasteiger partial charge in [-0.25, -0.2) is 0 Å². The maximum atomic E-state index is 13.0. The van der Waals surface area contributed by atoms with Crippen LogP contribution < -0.4 is 0 Å². The Morgan fingerprint density at radius 2 is 0.621 bits per heavy atom. The van der Waals surface area contributed by atoms with Crippen LogP contribution in [-0.2, 0) is 119 Å². The van der Waals surface area contributed by atoms with Gasteiger partial charge in [0.25, 0.3) is 0 Å². The third-order valence-electron chi connectivity index (χ3n) is 9.15. The number of thioether (sulfide) groups is 1. The van der Waals surface area contributed by atoms with E-state index in [1.54, 1.807) is 6.92 Å². The van der Waals surface area contributed by atoms with Gasteiger partial charge in [0.15, 0.2) is 55.3 Å². The molecule has 3 fully saturated rings. The molecule has 0 aromatic heterocycles. The molecule has 15 atom stereocenters. The van der Waals surface area contributed by atoms with Crippen LogP contribution in [0.4, 0.5) is 0 Å². The lowest BCUT2D eigenvalue weighted by Crippen LogP contribution is -2.68. The first-order valence-corrected chi connectivity index (χ1v) is 21.5. The summed E-state index contributed by atoms with van der Waals surface area (Å²) in [5.41, 5.74) is -1.04. The molecule has 3 aliphatic heterocycles. The summed E-state index contributed by atoms with van der Waals surface area (Å²) in [7, 11) is 0. The van der Waals surface area contributed by atoms with Crippen molar-refractivity contribution >= 4 is 71.5 Å². The van der Waals surface area contributed by atoms with E-state index < -0.39 is 171 Å². The first-order chi connectivity index (χ1) is 30.9. The highest BCUT2D eigenvalue weighted by atomic mass is 32.2. The summed E-state index contributed by atoms with van der Waals surface area (Å²) in [5, 5.41) is 0. The SMILES string of the molecule is CCS[C@@H]1OC(COC(C)=O)[C@H](O[C@@H]2OC(COC(C)=O)[C@H](O[C@@H]3OC(COC(C)=O)[C@H](OC(C)=O)[C@H](OC(C)=O)C3OC(C)=O)[C@H](OC(C)=O)C2OC(C)=O)[C@H](OC(C)=O)C1OC(C)=O. The van der Waals surface area contributed by atoms with Crippen molar-refractivity contribution in [3.63, 3.8) is 0 Å². The minimum Gasteiger partial charge on any atom is -0.463 e. The van der Waals surface area contributed by atoms with Gasteiger partial charge in [-0.2, -0.15) is 0 Å². The average Bonchev–Trinajstić information content (AvgIpc) is 3.17. The second-order valence-electron chi connectivity index (χ2n) is 14.7. The Hall–Kier alpha value is -5.15. The summed E-state index contributed by atoms with van der Waals surface area (Å²) in [6, 6.07) is 0. The minimum absolute atomic E-state index is 0.393. The topological polar surface area (TPSA) is 309 Å². The second kappa shape index (κ2) is 25.7. The highest BCUT2D eigenvalue weighted by Gasteiger charge is 2.60. The number of carbonyl (C=O) groups excluding carboxylic acids is 10. The lowest BCUT2D eigenvalue weighted by molar-refractivity contribution is -0.372. The van der Waals surface area contributed by atoms with Gasteiger partial charge in [-0.1, -0.05) is 6.92 Å². The van der Waals surface area contributed by atoms with Crippen molar-refractivity contribution in [2.75, 3.05) is 25.6 Å². The highest BCUT2D eigenvalue weighted by molar-refractivity contribution is 7.99. The van der Waals surface area contributed by atoms with E-state index in [9.17, 15) is 47.9 Å². The number of hydrogen-bond acceptors (Lipinski definition) is 26. The number of hydrogen-bond donors (Lipinski definition) is 0. The quantitative estimate of drug-likeness (QED) is 0.120. The van der Waals surface area contributed by atoms with E-state index in [-0.39, 0.29) is 0 Å². The predicted octanol–water partition coefficient (Wildman–Crippen LogP) is -0.104. The first kappa shape index (κ1) is 55.2. The van der Waals surface area contributed by atoms with Crippen molar-refractivity contribution in [1.82, 2.24) is 0 Å². The molecule has 3 heterocycles. The van der Waals surface area contributed by atoms with Crippen LogP contribution in [0, 0.1) is 0 Å². The average molecular weight is 969 g/mol. The van der Waals surface area contributed by atoms with Crippen molar-refractivity contribution in [3.05, 3.63) is 0 Å². The van der Waals surface area contributed by atoms with Gasteiger partial charge < -0.3 is 71.1 Å². The summed E-state index contributed by atoms with van der Waals surface area (Å²) >= 11 is 1.15. The van der Waals surface area contributed by atoms with Gasteiger partial charge >= 0.3 is 59.7 Å². The fraction of sp³-hybridized carbons (Fsp3) is 0.750. The Bertz CT molecular complexity index is 1770. The smallest absolute Gasteiger partial charge is 0.303 e. The number of ether oxygens (including phenoxy) is 15. The molecule has 0 spiro atoms. The maximum absolute atomic E-state index is 13.0. The van der Waals surface area contributed by atoms with Gasteiger partial charge in [0.2, 0.25) is 0 Å². The minimum atomic E-state index is -1.96. The third-order valence-corrected chi connectivity index (χ3v) is 10.2. The molecule has 0 saturated carbocycles. The van der Waals surface area contributed by atoms with E-state index in [1.807, 2.05) is 0 Å². The molecule has 3 saturated heterocycles. The molecule has 0 aliphatic carbocycles.